The van der Waals surface area contributed by atoms with Gasteiger partial charge in [0.1, 0.15) is 5.75 Å². The molecule has 0 aliphatic carbocycles. The minimum absolute atomic E-state index is 0.229. The molecule has 0 saturated heterocycles. The first-order valence-corrected chi connectivity index (χ1v) is 6.69. The van der Waals surface area contributed by atoms with Crippen LogP contribution in [0.4, 0.5) is 5.69 Å². The molecule has 0 radical (unpaired) electrons. The highest BCUT2D eigenvalue weighted by Gasteiger charge is 2.21. The summed E-state index contributed by atoms with van der Waals surface area (Å²) in [6.45, 7) is 1.96. The first-order valence-electron chi connectivity index (χ1n) is 6.69. The molecule has 0 aliphatic rings. The van der Waals surface area contributed by atoms with Crippen LogP contribution in [0.3, 0.4) is 0 Å². The largest absolute Gasteiger partial charge is 0.495 e. The van der Waals surface area contributed by atoms with Crippen molar-refractivity contribution in [2.75, 3.05) is 19.5 Å². The Morgan fingerprint density at radius 2 is 1.81 bits per heavy atom. The zero-order chi connectivity index (χ0) is 15.2. The van der Waals surface area contributed by atoms with Gasteiger partial charge in [-0.2, -0.15) is 0 Å². The van der Waals surface area contributed by atoms with Gasteiger partial charge in [-0.1, -0.05) is 36.4 Å². The molecular weight excluding hydrogens is 266 g/mol. The van der Waals surface area contributed by atoms with Gasteiger partial charge in [0.25, 0.3) is 5.91 Å². The molecule has 0 spiro atoms. The van der Waals surface area contributed by atoms with E-state index in [4.69, 9.17) is 9.47 Å². The number of aryl methyl sites for hydroxylation is 1. The number of methoxy groups -OCH3 is 2. The summed E-state index contributed by atoms with van der Waals surface area (Å²) < 4.78 is 10.6. The van der Waals surface area contributed by atoms with E-state index in [1.54, 1.807) is 7.11 Å². The van der Waals surface area contributed by atoms with Crippen LogP contribution in [0, 0.1) is 6.92 Å². The van der Waals surface area contributed by atoms with Crippen LogP contribution in [-0.4, -0.2) is 20.1 Å². The van der Waals surface area contributed by atoms with E-state index in [0.717, 1.165) is 11.1 Å². The SMILES string of the molecule is COc1ccc(C)cc1NC(=O)[C@@H](OC)c1ccccc1. The summed E-state index contributed by atoms with van der Waals surface area (Å²) in [4.78, 5) is 12.4. The van der Waals surface area contributed by atoms with Gasteiger partial charge in [0, 0.05) is 7.11 Å². The number of anilines is 1. The van der Waals surface area contributed by atoms with E-state index in [1.807, 2.05) is 55.5 Å². The number of rotatable bonds is 5. The van der Waals surface area contributed by atoms with Gasteiger partial charge in [0.2, 0.25) is 0 Å². The summed E-state index contributed by atoms with van der Waals surface area (Å²) in [5.41, 5.74) is 2.49. The Morgan fingerprint density at radius 1 is 1.10 bits per heavy atom. The quantitative estimate of drug-likeness (QED) is 0.916. The zero-order valence-corrected chi connectivity index (χ0v) is 12.4. The second-order valence-electron chi connectivity index (χ2n) is 4.72. The number of carbonyl (C=O) groups excluding carboxylic acids is 1. The minimum Gasteiger partial charge on any atom is -0.495 e. The van der Waals surface area contributed by atoms with Crippen molar-refractivity contribution in [1.29, 1.82) is 0 Å². The molecule has 4 heteroatoms. The third-order valence-corrected chi connectivity index (χ3v) is 3.19. The molecule has 0 fully saturated rings. The normalized spacial score (nSPS) is 11.8. The number of nitrogens with one attached hydrogen (secondary N) is 1. The molecule has 2 aromatic rings. The number of carbonyl (C=O) groups is 1. The summed E-state index contributed by atoms with van der Waals surface area (Å²) in [7, 11) is 3.09. The highest BCUT2D eigenvalue weighted by atomic mass is 16.5. The molecule has 0 aromatic heterocycles. The topological polar surface area (TPSA) is 47.6 Å². The first kappa shape index (κ1) is 15.1. The van der Waals surface area contributed by atoms with Crippen LogP contribution >= 0.6 is 0 Å². The standard InChI is InChI=1S/C17H19NO3/c1-12-9-10-15(20-2)14(11-12)18-17(19)16(21-3)13-7-5-4-6-8-13/h4-11,16H,1-3H3,(H,18,19)/t16-/m0/s1. The molecular formula is C17H19NO3. The molecule has 1 atom stereocenters. The molecule has 0 unspecified atom stereocenters. The van der Waals surface area contributed by atoms with E-state index < -0.39 is 6.10 Å². The zero-order valence-electron chi connectivity index (χ0n) is 12.4. The van der Waals surface area contributed by atoms with Gasteiger partial charge in [0.15, 0.2) is 6.10 Å². The van der Waals surface area contributed by atoms with Crippen LogP contribution in [0.1, 0.15) is 17.2 Å². The van der Waals surface area contributed by atoms with Gasteiger partial charge in [-0.25, -0.2) is 0 Å². The fraction of sp³-hybridized carbons (Fsp3) is 0.235. The van der Waals surface area contributed by atoms with Gasteiger partial charge >= 0.3 is 0 Å². The number of hydrogen-bond donors (Lipinski definition) is 1. The van der Waals surface area contributed by atoms with Crippen molar-refractivity contribution in [1.82, 2.24) is 0 Å². The van der Waals surface area contributed by atoms with E-state index in [2.05, 4.69) is 5.32 Å². The Labute approximate surface area is 124 Å². The van der Waals surface area contributed by atoms with Crippen molar-refractivity contribution in [2.45, 2.75) is 13.0 Å². The first-order chi connectivity index (χ1) is 10.2. The number of hydrogen-bond acceptors (Lipinski definition) is 3. The molecule has 0 saturated carbocycles. The highest BCUT2D eigenvalue weighted by molar-refractivity contribution is 5.96. The maximum Gasteiger partial charge on any atom is 0.258 e. The van der Waals surface area contributed by atoms with Crippen LogP contribution in [0.15, 0.2) is 48.5 Å². The van der Waals surface area contributed by atoms with Gasteiger partial charge in [-0.15, -0.1) is 0 Å². The van der Waals surface area contributed by atoms with Crippen molar-refractivity contribution < 1.29 is 14.3 Å². The fourth-order valence-corrected chi connectivity index (χ4v) is 2.14. The molecule has 2 rings (SSSR count). The Balaban J connectivity index is 2.22. The molecule has 0 heterocycles. The molecule has 1 N–H and O–H groups in total. The van der Waals surface area contributed by atoms with E-state index in [1.165, 1.54) is 7.11 Å². The van der Waals surface area contributed by atoms with E-state index >= 15 is 0 Å². The molecule has 21 heavy (non-hydrogen) atoms. The Bertz CT molecular complexity index is 611. The van der Waals surface area contributed by atoms with Crippen LogP contribution in [0.2, 0.25) is 0 Å². The lowest BCUT2D eigenvalue weighted by Crippen LogP contribution is -2.22. The van der Waals surface area contributed by atoms with Gasteiger partial charge < -0.3 is 14.8 Å². The molecule has 1 amide bonds. The Kier molecular flexibility index (Phi) is 4.95. The monoisotopic (exact) mass is 285 g/mol. The van der Waals surface area contributed by atoms with Crippen molar-refractivity contribution in [3.8, 4) is 5.75 Å². The summed E-state index contributed by atoms with van der Waals surface area (Å²) in [5.74, 6) is 0.393. The minimum atomic E-state index is -0.656. The third-order valence-electron chi connectivity index (χ3n) is 3.19. The van der Waals surface area contributed by atoms with Crippen LogP contribution in [0.25, 0.3) is 0 Å². The summed E-state index contributed by atoms with van der Waals surface area (Å²) in [5, 5.41) is 2.86. The molecule has 2 aromatic carbocycles. The second-order valence-corrected chi connectivity index (χ2v) is 4.72. The van der Waals surface area contributed by atoms with Gasteiger partial charge in [-0.3, -0.25) is 4.79 Å². The summed E-state index contributed by atoms with van der Waals surface area (Å²) in [6.07, 6.45) is -0.656. The maximum absolute atomic E-state index is 12.4. The highest BCUT2D eigenvalue weighted by Crippen LogP contribution is 2.27. The fourth-order valence-electron chi connectivity index (χ4n) is 2.14. The second kappa shape index (κ2) is 6.90. The average Bonchev–Trinajstić information content (AvgIpc) is 2.49. The van der Waals surface area contributed by atoms with Gasteiger partial charge in [0.05, 0.1) is 12.8 Å². The van der Waals surface area contributed by atoms with Crippen molar-refractivity contribution in [3.05, 3.63) is 59.7 Å². The van der Waals surface area contributed by atoms with Crippen molar-refractivity contribution in [3.63, 3.8) is 0 Å². The summed E-state index contributed by atoms with van der Waals surface area (Å²) in [6, 6.07) is 15.0. The van der Waals surface area contributed by atoms with E-state index in [9.17, 15) is 4.79 Å². The number of amides is 1. The number of benzene rings is 2. The van der Waals surface area contributed by atoms with Crippen molar-refractivity contribution in [2.24, 2.45) is 0 Å². The van der Waals surface area contributed by atoms with E-state index in [0.29, 0.717) is 11.4 Å². The lowest BCUT2D eigenvalue weighted by Gasteiger charge is -2.17. The Morgan fingerprint density at radius 3 is 2.43 bits per heavy atom. The number of ether oxygens (including phenoxy) is 2. The molecule has 0 aliphatic heterocycles. The summed E-state index contributed by atoms with van der Waals surface area (Å²) >= 11 is 0. The van der Waals surface area contributed by atoms with Gasteiger partial charge in [-0.05, 0) is 30.2 Å². The van der Waals surface area contributed by atoms with E-state index in [-0.39, 0.29) is 5.91 Å². The van der Waals surface area contributed by atoms with Crippen LogP contribution in [-0.2, 0) is 9.53 Å². The lowest BCUT2D eigenvalue weighted by molar-refractivity contribution is -0.126. The van der Waals surface area contributed by atoms with Crippen LogP contribution in [0.5, 0.6) is 5.75 Å². The smallest absolute Gasteiger partial charge is 0.258 e. The van der Waals surface area contributed by atoms with Crippen molar-refractivity contribution >= 4 is 11.6 Å². The maximum atomic E-state index is 12.4. The lowest BCUT2D eigenvalue weighted by atomic mass is 10.1. The Hall–Kier alpha value is -2.33. The predicted molar refractivity (Wildman–Crippen MR) is 82.6 cm³/mol. The van der Waals surface area contributed by atoms with Crippen LogP contribution < -0.4 is 10.1 Å². The predicted octanol–water partition coefficient (Wildman–Crippen LogP) is 3.33. The molecule has 4 nitrogen and oxygen atoms in total. The third kappa shape index (κ3) is 3.61. The molecule has 0 bridgehead atoms. The molecule has 110 valence electrons. The average molecular weight is 285 g/mol.